The van der Waals surface area contributed by atoms with Crippen molar-refractivity contribution in [2.45, 2.75) is 45.6 Å². The van der Waals surface area contributed by atoms with Crippen LogP contribution >= 0.6 is 11.8 Å². The second-order valence-corrected chi connectivity index (χ2v) is 9.79. The summed E-state index contributed by atoms with van der Waals surface area (Å²) in [7, 11) is 2.95. The number of aliphatic imine (C=N–C) groups is 1. The van der Waals surface area contributed by atoms with Crippen LogP contribution < -0.4 is 4.74 Å². The first-order chi connectivity index (χ1) is 17.9. The van der Waals surface area contributed by atoms with E-state index in [0.717, 1.165) is 17.7 Å². The molecule has 1 aromatic rings. The lowest BCUT2D eigenvalue weighted by Crippen LogP contribution is -2.44. The number of piperidine rings is 1. The van der Waals surface area contributed by atoms with Crippen LogP contribution in [0.4, 0.5) is 0 Å². The first kappa shape index (κ1) is 26.8. The lowest BCUT2D eigenvalue weighted by molar-refractivity contribution is -0.151. The Balaban J connectivity index is 1.65. The number of ether oxygens (including phenoxy) is 3. The van der Waals surface area contributed by atoms with Crippen LogP contribution in [0.5, 0.6) is 5.75 Å². The Hall–Kier alpha value is -3.27. The van der Waals surface area contributed by atoms with Crippen LogP contribution in [0.2, 0.25) is 0 Å². The maximum Gasteiger partial charge on any atom is 0.338 e. The number of carbonyl (C=O) groups is 3. The van der Waals surface area contributed by atoms with Crippen molar-refractivity contribution < 1.29 is 28.6 Å². The van der Waals surface area contributed by atoms with Gasteiger partial charge in [-0.05, 0) is 37.7 Å². The van der Waals surface area contributed by atoms with Gasteiger partial charge < -0.3 is 24.0 Å². The largest absolute Gasteiger partial charge is 0.496 e. The minimum absolute atomic E-state index is 0.0780. The lowest BCUT2D eigenvalue weighted by atomic mass is 9.92. The maximum absolute atomic E-state index is 13.4. The molecule has 0 aromatic heterocycles. The van der Waals surface area contributed by atoms with Gasteiger partial charge in [-0.15, -0.1) is 0 Å². The topological polar surface area (TPSA) is 97.7 Å². The van der Waals surface area contributed by atoms with E-state index in [1.165, 1.54) is 18.9 Å². The van der Waals surface area contributed by atoms with E-state index < -0.39 is 12.0 Å². The third-order valence-electron chi connectivity index (χ3n) is 6.79. The average Bonchev–Trinajstić information content (AvgIpc) is 3.33. The molecule has 0 aliphatic carbocycles. The Morgan fingerprint density at radius 3 is 2.65 bits per heavy atom. The molecule has 37 heavy (non-hydrogen) atoms. The molecule has 9 nitrogen and oxygen atoms in total. The zero-order chi connectivity index (χ0) is 26.5. The number of esters is 2. The zero-order valence-electron chi connectivity index (χ0n) is 21.7. The Morgan fingerprint density at radius 1 is 1.16 bits per heavy atom. The van der Waals surface area contributed by atoms with Crippen LogP contribution in [0.15, 0.2) is 51.6 Å². The van der Waals surface area contributed by atoms with E-state index in [-0.39, 0.29) is 24.2 Å². The summed E-state index contributed by atoms with van der Waals surface area (Å²) in [5.74, 6) is -0.477. The highest BCUT2D eigenvalue weighted by molar-refractivity contribution is 8.16. The number of rotatable bonds is 8. The van der Waals surface area contributed by atoms with E-state index in [1.807, 2.05) is 41.5 Å². The highest BCUT2D eigenvalue weighted by Gasteiger charge is 2.43. The van der Waals surface area contributed by atoms with Gasteiger partial charge in [0.25, 0.3) is 0 Å². The molecule has 0 radical (unpaired) electrons. The summed E-state index contributed by atoms with van der Waals surface area (Å²) in [4.78, 5) is 47.3. The number of nitrogens with zero attached hydrogens (tertiary/aromatic N) is 3. The average molecular weight is 528 g/mol. The summed E-state index contributed by atoms with van der Waals surface area (Å²) in [6, 6.07) is 6.97. The van der Waals surface area contributed by atoms with E-state index in [4.69, 9.17) is 19.2 Å². The normalized spacial score (nSPS) is 21.2. The molecule has 2 atom stereocenters. The second-order valence-electron chi connectivity index (χ2n) is 8.95. The van der Waals surface area contributed by atoms with Gasteiger partial charge in [0.15, 0.2) is 5.17 Å². The molecule has 0 N–H and O–H groups in total. The number of likely N-dealkylation sites (tertiary alicyclic amines) is 1. The highest BCUT2D eigenvalue weighted by Crippen LogP contribution is 2.47. The number of amides is 1. The van der Waals surface area contributed by atoms with Crippen molar-refractivity contribution in [1.82, 2.24) is 9.80 Å². The van der Waals surface area contributed by atoms with Gasteiger partial charge in [0, 0.05) is 24.4 Å². The van der Waals surface area contributed by atoms with Crippen molar-refractivity contribution in [1.29, 1.82) is 0 Å². The number of methoxy groups -OCH3 is 2. The minimum atomic E-state index is -0.561. The number of amidine groups is 1. The number of allylic oxidation sites excluding steroid dienone is 1. The third-order valence-corrected chi connectivity index (χ3v) is 7.68. The molecular weight excluding hydrogens is 494 g/mol. The van der Waals surface area contributed by atoms with Gasteiger partial charge >= 0.3 is 11.9 Å². The van der Waals surface area contributed by atoms with Crippen molar-refractivity contribution in [3.8, 4) is 5.75 Å². The van der Waals surface area contributed by atoms with Crippen molar-refractivity contribution >= 4 is 34.8 Å². The molecule has 198 valence electrons. The Bertz CT molecular complexity index is 1160. The van der Waals surface area contributed by atoms with Crippen LogP contribution in [-0.4, -0.2) is 66.7 Å². The number of para-hydroxylation sites is 1. The Labute approximate surface area is 221 Å². The molecule has 0 unspecified atom stereocenters. The molecule has 0 bridgehead atoms. The number of carbonyl (C=O) groups excluding carboxylic acids is 3. The fourth-order valence-corrected chi connectivity index (χ4v) is 5.96. The van der Waals surface area contributed by atoms with Gasteiger partial charge in [-0.3, -0.25) is 9.59 Å². The monoisotopic (exact) mass is 527 g/mol. The molecule has 0 saturated carbocycles. The van der Waals surface area contributed by atoms with Crippen molar-refractivity contribution in [2.24, 2.45) is 10.9 Å². The summed E-state index contributed by atoms with van der Waals surface area (Å²) in [5.41, 5.74) is 2.60. The van der Waals surface area contributed by atoms with Crippen LogP contribution in [0.25, 0.3) is 0 Å². The van der Waals surface area contributed by atoms with Gasteiger partial charge in [-0.1, -0.05) is 36.9 Å². The summed E-state index contributed by atoms with van der Waals surface area (Å²) >= 11 is 1.43. The van der Waals surface area contributed by atoms with Crippen molar-refractivity contribution in [3.63, 3.8) is 0 Å². The minimum Gasteiger partial charge on any atom is -0.496 e. The number of thioether (sulfide) groups is 1. The number of benzene rings is 1. The predicted molar refractivity (Wildman–Crippen MR) is 141 cm³/mol. The molecule has 10 heteroatoms. The number of hydrogen-bond donors (Lipinski definition) is 0. The molecule has 3 aliphatic heterocycles. The van der Waals surface area contributed by atoms with E-state index in [0.29, 0.717) is 54.7 Å². The summed E-state index contributed by atoms with van der Waals surface area (Å²) in [6.07, 6.45) is 2.12. The van der Waals surface area contributed by atoms with Crippen LogP contribution in [0.3, 0.4) is 0 Å². The predicted octanol–water partition coefficient (Wildman–Crippen LogP) is 4.03. The third kappa shape index (κ3) is 5.39. The van der Waals surface area contributed by atoms with Gasteiger partial charge in [-0.2, -0.15) is 0 Å². The molecule has 3 aliphatic rings. The van der Waals surface area contributed by atoms with Crippen LogP contribution in [0.1, 0.15) is 51.1 Å². The highest BCUT2D eigenvalue weighted by atomic mass is 32.2. The fraction of sp³-hybridized carbons (Fsp3) is 0.481. The van der Waals surface area contributed by atoms with E-state index in [9.17, 15) is 14.4 Å². The molecule has 1 aromatic carbocycles. The van der Waals surface area contributed by atoms with Crippen molar-refractivity contribution in [3.05, 3.63) is 52.2 Å². The zero-order valence-corrected chi connectivity index (χ0v) is 22.5. The van der Waals surface area contributed by atoms with E-state index >= 15 is 0 Å². The molecule has 0 spiro atoms. The Morgan fingerprint density at radius 2 is 1.95 bits per heavy atom. The van der Waals surface area contributed by atoms with Gasteiger partial charge in [0.2, 0.25) is 5.91 Å². The standard InChI is InChI=1S/C27H33N3O6S/c1-5-20-23(26(33)35-4)24(19-11-7-8-12-21(19)34-3)30-18(16-37-27(30)28-20)14-22(31)29-13-9-10-17(15-29)25(32)36-6-2/h7-8,11-12,16-17,24H,5-6,9-10,13-15H2,1-4H3/t17-,24-/m1/s1. The quantitative estimate of drug-likeness (QED) is 0.468. The molecule has 4 rings (SSSR count). The van der Waals surface area contributed by atoms with Crippen LogP contribution in [-0.2, 0) is 23.9 Å². The number of fused-ring (bicyclic) bond motifs is 1. The van der Waals surface area contributed by atoms with Crippen molar-refractivity contribution in [2.75, 3.05) is 33.9 Å². The van der Waals surface area contributed by atoms with E-state index in [2.05, 4.69) is 0 Å². The first-order valence-electron chi connectivity index (χ1n) is 12.6. The molecule has 1 amide bonds. The SMILES string of the molecule is CCOC(=O)[C@@H]1CCCN(C(=O)CC2=CSC3=NC(CC)=C(C(=O)OC)[C@@H](c4ccccc4OC)N23)C1. The first-order valence-corrected chi connectivity index (χ1v) is 13.4. The van der Waals surface area contributed by atoms with E-state index in [1.54, 1.807) is 18.9 Å². The van der Waals surface area contributed by atoms with Crippen LogP contribution in [0, 0.1) is 5.92 Å². The Kier molecular flexibility index (Phi) is 8.58. The van der Waals surface area contributed by atoms with Gasteiger partial charge in [-0.25, -0.2) is 9.79 Å². The maximum atomic E-state index is 13.4. The molecule has 1 fully saturated rings. The molecule has 3 heterocycles. The molecule has 1 saturated heterocycles. The summed E-state index contributed by atoms with van der Waals surface area (Å²) in [6.45, 7) is 5.00. The lowest BCUT2D eigenvalue weighted by Gasteiger charge is -2.38. The fourth-order valence-electron chi connectivity index (χ4n) is 5.02. The smallest absolute Gasteiger partial charge is 0.338 e. The summed E-state index contributed by atoms with van der Waals surface area (Å²) in [5, 5.41) is 2.62. The number of hydrogen-bond acceptors (Lipinski definition) is 9. The second kappa shape index (κ2) is 11.9. The summed E-state index contributed by atoms with van der Waals surface area (Å²) < 4.78 is 16.0. The van der Waals surface area contributed by atoms with Gasteiger partial charge in [0.1, 0.15) is 5.75 Å². The molecular formula is C27H33N3O6S. The van der Waals surface area contributed by atoms with Gasteiger partial charge in [0.05, 0.1) is 50.5 Å².